The van der Waals surface area contributed by atoms with Gasteiger partial charge in [0.2, 0.25) is 0 Å². The molecule has 0 aliphatic heterocycles. The number of benzene rings is 2. The van der Waals surface area contributed by atoms with Gasteiger partial charge in [-0.2, -0.15) is 0 Å². The highest BCUT2D eigenvalue weighted by Gasteiger charge is 2.06. The summed E-state index contributed by atoms with van der Waals surface area (Å²) in [5, 5.41) is 2.93. The van der Waals surface area contributed by atoms with E-state index in [4.69, 9.17) is 4.74 Å². The van der Waals surface area contributed by atoms with E-state index in [0.29, 0.717) is 12.1 Å². The van der Waals surface area contributed by atoms with Gasteiger partial charge in [0.1, 0.15) is 5.75 Å². The Bertz CT molecular complexity index is 600. The van der Waals surface area contributed by atoms with Crippen molar-refractivity contribution in [1.29, 1.82) is 0 Å². The molecule has 1 N–H and O–H groups in total. The molecule has 3 nitrogen and oxygen atoms in total. The molecule has 0 aliphatic carbocycles. The molecule has 104 valence electrons. The van der Waals surface area contributed by atoms with Crippen LogP contribution in [0.3, 0.4) is 0 Å². The third kappa shape index (κ3) is 3.60. The van der Waals surface area contributed by atoms with Gasteiger partial charge >= 0.3 is 0 Å². The predicted octanol–water partition coefficient (Wildman–Crippen LogP) is 3.24. The van der Waals surface area contributed by atoms with Crippen LogP contribution in [0, 0.1) is 13.8 Å². The number of methoxy groups -OCH3 is 1. The first-order valence-electron chi connectivity index (χ1n) is 6.58. The molecule has 0 radical (unpaired) electrons. The summed E-state index contributed by atoms with van der Waals surface area (Å²) in [6.45, 7) is 4.47. The SMILES string of the molecule is COc1cccc(CNC(=O)c2cc(C)cc(C)c2)c1. The lowest BCUT2D eigenvalue weighted by molar-refractivity contribution is 0.0950. The van der Waals surface area contributed by atoms with Crippen molar-refractivity contribution >= 4 is 5.91 Å². The van der Waals surface area contributed by atoms with Crippen molar-refractivity contribution in [2.75, 3.05) is 7.11 Å². The van der Waals surface area contributed by atoms with Gasteiger partial charge in [-0.25, -0.2) is 0 Å². The second kappa shape index (κ2) is 6.24. The number of hydrogen-bond acceptors (Lipinski definition) is 2. The summed E-state index contributed by atoms with van der Waals surface area (Å²) in [6, 6.07) is 13.5. The van der Waals surface area contributed by atoms with Crippen LogP contribution in [0.15, 0.2) is 42.5 Å². The van der Waals surface area contributed by atoms with Gasteiger partial charge in [-0.3, -0.25) is 4.79 Å². The second-order valence-corrected chi connectivity index (χ2v) is 4.91. The third-order valence-corrected chi connectivity index (χ3v) is 3.07. The van der Waals surface area contributed by atoms with Crippen molar-refractivity contribution in [3.63, 3.8) is 0 Å². The monoisotopic (exact) mass is 269 g/mol. The van der Waals surface area contributed by atoms with E-state index in [9.17, 15) is 4.79 Å². The molecule has 0 heterocycles. The molecule has 3 heteroatoms. The van der Waals surface area contributed by atoms with Crippen LogP contribution >= 0.6 is 0 Å². The van der Waals surface area contributed by atoms with Crippen molar-refractivity contribution in [3.8, 4) is 5.75 Å². The van der Waals surface area contributed by atoms with E-state index in [1.807, 2.05) is 50.2 Å². The number of nitrogens with one attached hydrogen (secondary N) is 1. The van der Waals surface area contributed by atoms with Gasteiger partial charge in [-0.15, -0.1) is 0 Å². The van der Waals surface area contributed by atoms with E-state index in [2.05, 4.69) is 11.4 Å². The van der Waals surface area contributed by atoms with Crippen LogP contribution in [-0.4, -0.2) is 13.0 Å². The van der Waals surface area contributed by atoms with E-state index < -0.39 is 0 Å². The topological polar surface area (TPSA) is 38.3 Å². The maximum Gasteiger partial charge on any atom is 0.251 e. The predicted molar refractivity (Wildman–Crippen MR) is 80.1 cm³/mol. The van der Waals surface area contributed by atoms with Crippen molar-refractivity contribution in [2.24, 2.45) is 0 Å². The summed E-state index contributed by atoms with van der Waals surface area (Å²) in [5.41, 5.74) is 3.90. The molecule has 0 saturated heterocycles. The van der Waals surface area contributed by atoms with Crippen LogP contribution in [0.5, 0.6) is 5.75 Å². The number of rotatable bonds is 4. The molecular formula is C17H19NO2. The first-order valence-corrected chi connectivity index (χ1v) is 6.58. The highest BCUT2D eigenvalue weighted by Crippen LogP contribution is 2.13. The maximum atomic E-state index is 12.1. The van der Waals surface area contributed by atoms with Crippen molar-refractivity contribution < 1.29 is 9.53 Å². The number of aryl methyl sites for hydroxylation is 2. The largest absolute Gasteiger partial charge is 0.497 e. The Morgan fingerprint density at radius 3 is 2.45 bits per heavy atom. The van der Waals surface area contributed by atoms with E-state index in [1.54, 1.807) is 7.11 Å². The molecule has 2 rings (SSSR count). The van der Waals surface area contributed by atoms with Crippen LogP contribution in [0.1, 0.15) is 27.0 Å². The molecule has 0 fully saturated rings. The normalized spacial score (nSPS) is 10.2. The van der Waals surface area contributed by atoms with Crippen molar-refractivity contribution in [2.45, 2.75) is 20.4 Å². The fourth-order valence-electron chi connectivity index (χ4n) is 2.17. The summed E-state index contributed by atoms with van der Waals surface area (Å²) in [5.74, 6) is 0.739. The van der Waals surface area contributed by atoms with Crippen molar-refractivity contribution in [1.82, 2.24) is 5.32 Å². The lowest BCUT2D eigenvalue weighted by Crippen LogP contribution is -2.22. The lowest BCUT2D eigenvalue weighted by Gasteiger charge is -2.08. The van der Waals surface area contributed by atoms with Gasteiger partial charge in [0, 0.05) is 12.1 Å². The van der Waals surface area contributed by atoms with Crippen LogP contribution < -0.4 is 10.1 Å². The van der Waals surface area contributed by atoms with Crippen LogP contribution in [0.4, 0.5) is 0 Å². The van der Waals surface area contributed by atoms with Gasteiger partial charge < -0.3 is 10.1 Å². The quantitative estimate of drug-likeness (QED) is 0.925. The highest BCUT2D eigenvalue weighted by atomic mass is 16.5. The zero-order valence-corrected chi connectivity index (χ0v) is 12.1. The lowest BCUT2D eigenvalue weighted by atomic mass is 10.1. The fraction of sp³-hybridized carbons (Fsp3) is 0.235. The Kier molecular flexibility index (Phi) is 4.41. The summed E-state index contributed by atoms with van der Waals surface area (Å²) in [6.07, 6.45) is 0. The van der Waals surface area contributed by atoms with Gasteiger partial charge in [0.25, 0.3) is 5.91 Å². The minimum absolute atomic E-state index is 0.0559. The summed E-state index contributed by atoms with van der Waals surface area (Å²) in [7, 11) is 1.63. The molecule has 0 spiro atoms. The summed E-state index contributed by atoms with van der Waals surface area (Å²) < 4.78 is 5.17. The molecule has 0 aromatic heterocycles. The molecule has 0 bridgehead atoms. The Hall–Kier alpha value is -2.29. The van der Waals surface area contributed by atoms with E-state index in [1.165, 1.54) is 0 Å². The molecule has 0 saturated carbocycles. The first-order chi connectivity index (χ1) is 9.58. The van der Waals surface area contributed by atoms with E-state index in [0.717, 1.165) is 22.4 Å². The average Bonchev–Trinajstić information content (AvgIpc) is 2.44. The molecule has 0 atom stereocenters. The van der Waals surface area contributed by atoms with Crippen LogP contribution in [-0.2, 0) is 6.54 Å². The fourth-order valence-corrected chi connectivity index (χ4v) is 2.17. The smallest absolute Gasteiger partial charge is 0.251 e. The standard InChI is InChI=1S/C17H19NO2/c1-12-7-13(2)9-15(8-12)17(19)18-11-14-5-4-6-16(10-14)20-3/h4-10H,11H2,1-3H3,(H,18,19). The Morgan fingerprint density at radius 1 is 1.10 bits per heavy atom. The Balaban J connectivity index is 2.04. The molecule has 0 aliphatic rings. The van der Waals surface area contributed by atoms with Gasteiger partial charge in [-0.1, -0.05) is 29.3 Å². The van der Waals surface area contributed by atoms with Gasteiger partial charge in [0.05, 0.1) is 7.11 Å². The minimum atomic E-state index is -0.0559. The molecule has 2 aromatic carbocycles. The van der Waals surface area contributed by atoms with Gasteiger partial charge in [0.15, 0.2) is 0 Å². The van der Waals surface area contributed by atoms with Crippen LogP contribution in [0.25, 0.3) is 0 Å². The molecule has 2 aromatic rings. The van der Waals surface area contributed by atoms with E-state index >= 15 is 0 Å². The maximum absolute atomic E-state index is 12.1. The molecule has 20 heavy (non-hydrogen) atoms. The highest BCUT2D eigenvalue weighted by molar-refractivity contribution is 5.94. The first kappa shape index (κ1) is 14.1. The average molecular weight is 269 g/mol. The number of amides is 1. The second-order valence-electron chi connectivity index (χ2n) is 4.91. The number of carbonyl (C=O) groups is 1. The Labute approximate surface area is 119 Å². The van der Waals surface area contributed by atoms with Crippen LogP contribution in [0.2, 0.25) is 0 Å². The third-order valence-electron chi connectivity index (χ3n) is 3.07. The summed E-state index contributed by atoms with van der Waals surface area (Å²) in [4.78, 5) is 12.1. The molecular weight excluding hydrogens is 250 g/mol. The zero-order valence-electron chi connectivity index (χ0n) is 12.1. The Morgan fingerprint density at radius 2 is 1.80 bits per heavy atom. The van der Waals surface area contributed by atoms with Crippen molar-refractivity contribution in [3.05, 3.63) is 64.7 Å². The molecule has 1 amide bonds. The molecule has 0 unspecified atom stereocenters. The number of ether oxygens (including phenoxy) is 1. The number of carbonyl (C=O) groups excluding carboxylic acids is 1. The number of hydrogen-bond donors (Lipinski definition) is 1. The minimum Gasteiger partial charge on any atom is -0.497 e. The van der Waals surface area contributed by atoms with Gasteiger partial charge in [-0.05, 0) is 43.7 Å². The zero-order chi connectivity index (χ0) is 14.5. The van der Waals surface area contributed by atoms with E-state index in [-0.39, 0.29) is 5.91 Å². The summed E-state index contributed by atoms with van der Waals surface area (Å²) >= 11 is 0.